The van der Waals surface area contributed by atoms with Crippen molar-refractivity contribution >= 4 is 55.1 Å². The van der Waals surface area contributed by atoms with Gasteiger partial charge in [-0.3, -0.25) is 13.9 Å². The summed E-state index contributed by atoms with van der Waals surface area (Å²) in [6, 6.07) is 27.4. The zero-order chi connectivity index (χ0) is 33.6. The average molecular weight is 725 g/mol. The van der Waals surface area contributed by atoms with Crippen LogP contribution in [0.15, 0.2) is 106 Å². The molecule has 0 aliphatic rings. The zero-order valence-electron chi connectivity index (χ0n) is 26.6. The summed E-state index contributed by atoms with van der Waals surface area (Å²) in [4.78, 5) is 30.2. The van der Waals surface area contributed by atoms with Gasteiger partial charge in [0, 0.05) is 28.0 Å². The Morgan fingerprint density at radius 1 is 0.870 bits per heavy atom. The number of benzene rings is 4. The molecule has 1 atom stereocenters. The van der Waals surface area contributed by atoms with Crippen LogP contribution in [0.25, 0.3) is 0 Å². The Bertz CT molecular complexity index is 1790. The van der Waals surface area contributed by atoms with Crippen molar-refractivity contribution in [2.75, 3.05) is 10.8 Å². The van der Waals surface area contributed by atoms with Crippen molar-refractivity contribution in [3.8, 4) is 0 Å². The number of nitrogens with one attached hydrogen (secondary N) is 1. The van der Waals surface area contributed by atoms with Crippen LogP contribution in [0.5, 0.6) is 0 Å². The minimum Gasteiger partial charge on any atom is -0.350 e. The molecule has 0 saturated heterocycles. The Morgan fingerprint density at radius 2 is 1.50 bits per heavy atom. The normalized spacial score (nSPS) is 12.3. The van der Waals surface area contributed by atoms with Crippen molar-refractivity contribution in [2.24, 2.45) is 0 Å². The first kappa shape index (κ1) is 35.2. The summed E-state index contributed by atoms with van der Waals surface area (Å²) in [6.45, 7) is 8.73. The third-order valence-corrected chi connectivity index (χ3v) is 10.1. The van der Waals surface area contributed by atoms with E-state index in [-0.39, 0.29) is 29.5 Å². The molecule has 242 valence electrons. The van der Waals surface area contributed by atoms with Gasteiger partial charge in [0.25, 0.3) is 10.0 Å². The number of hydrogen-bond donors (Lipinski definition) is 1. The monoisotopic (exact) mass is 723 g/mol. The molecule has 10 heteroatoms. The summed E-state index contributed by atoms with van der Waals surface area (Å²) < 4.78 is 30.5. The molecule has 4 rings (SSSR count). The summed E-state index contributed by atoms with van der Waals surface area (Å²) in [5.74, 6) is -0.883. The molecule has 0 aromatic heterocycles. The molecule has 1 unspecified atom stereocenters. The Morgan fingerprint density at radius 3 is 2.13 bits per heavy atom. The van der Waals surface area contributed by atoms with E-state index in [1.165, 1.54) is 17.0 Å². The lowest BCUT2D eigenvalue weighted by Gasteiger charge is -2.35. The number of nitrogens with zero attached hydrogens (tertiary/aromatic N) is 2. The Kier molecular flexibility index (Phi) is 11.4. The van der Waals surface area contributed by atoms with Crippen LogP contribution in [0.2, 0.25) is 5.02 Å². The number of halogens is 2. The predicted octanol–water partition coefficient (Wildman–Crippen LogP) is 7.47. The SMILES string of the molecule is Cc1ccc(S(=O)(=O)N(CC(=O)N(Cc2cccc(Br)c2)C(Cc2ccccc2)C(=O)NC(C)(C)C)c2cccc(Cl)c2C)cc1. The van der Waals surface area contributed by atoms with Crippen molar-refractivity contribution in [1.29, 1.82) is 0 Å². The lowest BCUT2D eigenvalue weighted by atomic mass is 10.0. The smallest absolute Gasteiger partial charge is 0.264 e. The maximum Gasteiger partial charge on any atom is 0.264 e. The number of aryl methyl sites for hydroxylation is 1. The van der Waals surface area contributed by atoms with E-state index >= 15 is 0 Å². The molecular weight excluding hydrogens is 686 g/mol. The fraction of sp³-hybridized carbons (Fsp3) is 0.278. The van der Waals surface area contributed by atoms with Crippen molar-refractivity contribution in [1.82, 2.24) is 10.2 Å². The summed E-state index contributed by atoms with van der Waals surface area (Å²) in [6.07, 6.45) is 0.226. The number of amides is 2. The Balaban J connectivity index is 1.85. The highest BCUT2D eigenvalue weighted by Gasteiger charge is 2.36. The third kappa shape index (κ3) is 8.99. The molecule has 0 bridgehead atoms. The summed E-state index contributed by atoms with van der Waals surface area (Å²) in [5, 5.41) is 3.41. The number of carbonyl (C=O) groups is 2. The summed E-state index contributed by atoms with van der Waals surface area (Å²) in [7, 11) is -4.23. The largest absolute Gasteiger partial charge is 0.350 e. The van der Waals surface area contributed by atoms with Gasteiger partial charge >= 0.3 is 0 Å². The van der Waals surface area contributed by atoms with Gasteiger partial charge in [-0.05, 0) is 87.7 Å². The number of sulfonamides is 1. The van der Waals surface area contributed by atoms with Gasteiger partial charge in [0.05, 0.1) is 10.6 Å². The Hall–Kier alpha value is -3.66. The molecule has 1 N–H and O–H groups in total. The standard InChI is InChI=1S/C36H39BrClN3O4S/c1-25-17-19-30(20-18-25)46(44,45)41(32-16-10-15-31(38)26(32)2)24-34(42)40(23-28-13-9-14-29(37)21-28)33(35(43)39-36(3,4)5)22-27-11-7-6-8-12-27/h6-21,33H,22-24H2,1-5H3,(H,39,43). The first-order valence-corrected chi connectivity index (χ1v) is 17.5. The van der Waals surface area contributed by atoms with Crippen LogP contribution >= 0.6 is 27.5 Å². The van der Waals surface area contributed by atoms with Gasteiger partial charge in [0.2, 0.25) is 11.8 Å². The van der Waals surface area contributed by atoms with Crippen LogP contribution in [0.1, 0.15) is 43.0 Å². The lowest BCUT2D eigenvalue weighted by molar-refractivity contribution is -0.140. The highest BCUT2D eigenvalue weighted by molar-refractivity contribution is 9.10. The first-order valence-electron chi connectivity index (χ1n) is 14.9. The van der Waals surface area contributed by atoms with Gasteiger partial charge in [-0.25, -0.2) is 8.42 Å². The molecule has 0 aliphatic heterocycles. The van der Waals surface area contributed by atoms with E-state index in [1.807, 2.05) is 82.3 Å². The van der Waals surface area contributed by atoms with Gasteiger partial charge < -0.3 is 10.2 Å². The van der Waals surface area contributed by atoms with E-state index < -0.39 is 34.1 Å². The van der Waals surface area contributed by atoms with E-state index in [9.17, 15) is 18.0 Å². The maximum absolute atomic E-state index is 14.6. The number of rotatable bonds is 11. The third-order valence-electron chi connectivity index (χ3n) is 7.41. The summed E-state index contributed by atoms with van der Waals surface area (Å²) in [5.41, 5.74) is 2.75. The van der Waals surface area contributed by atoms with E-state index in [4.69, 9.17) is 11.6 Å². The molecule has 0 heterocycles. The lowest BCUT2D eigenvalue weighted by Crippen LogP contribution is -2.56. The van der Waals surface area contributed by atoms with Gasteiger partial charge in [-0.2, -0.15) is 0 Å². The van der Waals surface area contributed by atoms with Crippen LogP contribution in [-0.4, -0.2) is 43.3 Å². The number of anilines is 1. The minimum absolute atomic E-state index is 0.0372. The van der Waals surface area contributed by atoms with E-state index in [0.29, 0.717) is 10.6 Å². The molecular formula is C36H39BrClN3O4S. The Labute approximate surface area is 285 Å². The van der Waals surface area contributed by atoms with E-state index in [1.54, 1.807) is 37.3 Å². The van der Waals surface area contributed by atoms with Gasteiger partial charge in [-0.1, -0.05) is 93.8 Å². The topological polar surface area (TPSA) is 86.8 Å². The molecule has 0 fully saturated rings. The van der Waals surface area contributed by atoms with E-state index in [0.717, 1.165) is 25.5 Å². The van der Waals surface area contributed by atoms with Crippen LogP contribution in [0.3, 0.4) is 0 Å². The second-order valence-corrected chi connectivity index (χ2v) is 15.5. The van der Waals surface area contributed by atoms with Crippen LogP contribution in [0, 0.1) is 13.8 Å². The quantitative estimate of drug-likeness (QED) is 0.174. The highest BCUT2D eigenvalue weighted by atomic mass is 79.9. The maximum atomic E-state index is 14.6. The van der Waals surface area contributed by atoms with Gasteiger partial charge in [0.15, 0.2) is 0 Å². The van der Waals surface area contributed by atoms with E-state index in [2.05, 4.69) is 21.2 Å². The second kappa shape index (κ2) is 14.8. The van der Waals surface area contributed by atoms with Gasteiger partial charge in [0.1, 0.15) is 12.6 Å². The average Bonchev–Trinajstić information content (AvgIpc) is 2.99. The first-order chi connectivity index (χ1) is 21.7. The van der Waals surface area contributed by atoms with Crippen molar-refractivity contribution in [3.05, 3.63) is 129 Å². The molecule has 0 radical (unpaired) electrons. The molecule has 46 heavy (non-hydrogen) atoms. The van der Waals surface area contributed by atoms with Crippen LogP contribution in [0.4, 0.5) is 5.69 Å². The zero-order valence-corrected chi connectivity index (χ0v) is 29.8. The molecule has 0 spiro atoms. The van der Waals surface area contributed by atoms with Crippen LogP contribution < -0.4 is 9.62 Å². The fourth-order valence-corrected chi connectivity index (χ4v) is 7.14. The molecule has 0 saturated carbocycles. The number of carbonyl (C=O) groups excluding carboxylic acids is 2. The highest BCUT2D eigenvalue weighted by Crippen LogP contribution is 2.31. The van der Waals surface area contributed by atoms with Crippen molar-refractivity contribution in [3.63, 3.8) is 0 Å². The second-order valence-electron chi connectivity index (χ2n) is 12.3. The summed E-state index contributed by atoms with van der Waals surface area (Å²) >= 11 is 9.97. The molecule has 4 aromatic carbocycles. The molecule has 2 amide bonds. The molecule has 0 aliphatic carbocycles. The minimum atomic E-state index is -4.23. The van der Waals surface area contributed by atoms with Crippen molar-refractivity contribution < 1.29 is 18.0 Å². The fourth-order valence-electron chi connectivity index (χ4n) is 5.06. The predicted molar refractivity (Wildman–Crippen MR) is 188 cm³/mol. The number of hydrogen-bond acceptors (Lipinski definition) is 4. The molecule has 7 nitrogen and oxygen atoms in total. The van der Waals surface area contributed by atoms with Crippen LogP contribution in [-0.2, 0) is 32.6 Å². The molecule has 4 aromatic rings. The van der Waals surface area contributed by atoms with Crippen molar-refractivity contribution in [2.45, 2.75) is 64.1 Å². The van der Waals surface area contributed by atoms with Gasteiger partial charge in [-0.15, -0.1) is 0 Å².